The van der Waals surface area contributed by atoms with Crippen LogP contribution in [0.15, 0.2) is 24.3 Å². The Balaban J connectivity index is 2.10. The van der Waals surface area contributed by atoms with Gasteiger partial charge >= 0.3 is 0 Å². The van der Waals surface area contributed by atoms with Crippen molar-refractivity contribution in [3.63, 3.8) is 0 Å². The molecule has 1 rings (SSSR count). The summed E-state index contributed by atoms with van der Waals surface area (Å²) in [5, 5.41) is 3.23. The van der Waals surface area contributed by atoms with E-state index in [9.17, 15) is 0 Å². The number of hydrogen-bond acceptors (Lipinski definition) is 3. The van der Waals surface area contributed by atoms with Crippen molar-refractivity contribution in [1.82, 2.24) is 5.32 Å². The van der Waals surface area contributed by atoms with Crippen molar-refractivity contribution in [2.75, 3.05) is 26.2 Å². The highest BCUT2D eigenvalue weighted by atomic mass is 16.5. The van der Waals surface area contributed by atoms with Crippen LogP contribution in [0.2, 0.25) is 0 Å². The fourth-order valence-corrected chi connectivity index (χ4v) is 1.32. The Hall–Kier alpha value is -1.06. The molecule has 0 aliphatic carbocycles. The quantitative estimate of drug-likeness (QED) is 0.664. The van der Waals surface area contributed by atoms with Gasteiger partial charge in [0.2, 0.25) is 0 Å². The highest BCUT2D eigenvalue weighted by Crippen LogP contribution is 2.12. The van der Waals surface area contributed by atoms with Crippen LogP contribution in [0.4, 0.5) is 0 Å². The summed E-state index contributed by atoms with van der Waals surface area (Å²) in [6, 6.07) is 8.11. The van der Waals surface area contributed by atoms with Gasteiger partial charge in [0, 0.05) is 13.1 Å². The lowest BCUT2D eigenvalue weighted by molar-refractivity contribution is 0.308. The summed E-state index contributed by atoms with van der Waals surface area (Å²) in [7, 11) is 0. The van der Waals surface area contributed by atoms with Gasteiger partial charge in [-0.2, -0.15) is 0 Å². The van der Waals surface area contributed by atoms with Gasteiger partial charge in [0.1, 0.15) is 5.75 Å². The Morgan fingerprint density at radius 1 is 1.33 bits per heavy atom. The van der Waals surface area contributed by atoms with E-state index in [0.29, 0.717) is 6.54 Å². The maximum absolute atomic E-state index is 5.60. The third-order valence-corrected chi connectivity index (χ3v) is 2.08. The van der Waals surface area contributed by atoms with Gasteiger partial charge in [-0.1, -0.05) is 12.1 Å². The number of hydrogen-bond donors (Lipinski definition) is 2. The Morgan fingerprint density at radius 2 is 2.20 bits per heavy atom. The minimum atomic E-state index is 0.693. The van der Waals surface area contributed by atoms with Gasteiger partial charge in [0.05, 0.1) is 6.61 Å². The molecule has 1 aromatic rings. The van der Waals surface area contributed by atoms with Gasteiger partial charge in [-0.15, -0.1) is 0 Å². The predicted octanol–water partition coefficient (Wildman–Crippen LogP) is 1.31. The highest BCUT2D eigenvalue weighted by Gasteiger charge is 1.93. The first-order chi connectivity index (χ1) is 7.33. The van der Waals surface area contributed by atoms with E-state index in [1.165, 1.54) is 5.56 Å². The van der Waals surface area contributed by atoms with Gasteiger partial charge in [-0.25, -0.2) is 0 Å². The van der Waals surface area contributed by atoms with E-state index < -0.39 is 0 Å². The monoisotopic (exact) mass is 208 g/mol. The van der Waals surface area contributed by atoms with Gasteiger partial charge in [-0.05, 0) is 37.6 Å². The van der Waals surface area contributed by atoms with Crippen molar-refractivity contribution in [2.45, 2.75) is 13.3 Å². The lowest BCUT2D eigenvalue weighted by Crippen LogP contribution is -2.24. The maximum Gasteiger partial charge on any atom is 0.119 e. The second-order valence-corrected chi connectivity index (χ2v) is 3.56. The van der Waals surface area contributed by atoms with Crippen molar-refractivity contribution >= 4 is 0 Å². The molecule has 3 heteroatoms. The zero-order valence-electron chi connectivity index (χ0n) is 9.33. The summed E-state index contributed by atoms with van der Waals surface area (Å²) in [6.07, 6.45) is 1.01. The topological polar surface area (TPSA) is 47.3 Å². The molecule has 0 fully saturated rings. The third-order valence-electron chi connectivity index (χ3n) is 2.08. The van der Waals surface area contributed by atoms with Gasteiger partial charge in [-0.3, -0.25) is 0 Å². The first kappa shape index (κ1) is 12.0. The first-order valence-electron chi connectivity index (χ1n) is 5.43. The Bertz CT molecular complexity index is 276. The molecule has 0 saturated heterocycles. The molecule has 0 saturated carbocycles. The zero-order valence-corrected chi connectivity index (χ0v) is 9.33. The molecule has 84 valence electrons. The van der Waals surface area contributed by atoms with E-state index in [2.05, 4.69) is 18.3 Å². The van der Waals surface area contributed by atoms with E-state index in [4.69, 9.17) is 10.5 Å². The molecule has 0 heterocycles. The largest absolute Gasteiger partial charge is 0.494 e. The number of aryl methyl sites for hydroxylation is 1. The van der Waals surface area contributed by atoms with Crippen LogP contribution in [0.5, 0.6) is 5.75 Å². The van der Waals surface area contributed by atoms with Crippen LogP contribution in [0.3, 0.4) is 0 Å². The smallest absolute Gasteiger partial charge is 0.119 e. The number of nitrogens with two attached hydrogens (primary N) is 1. The van der Waals surface area contributed by atoms with Crippen molar-refractivity contribution in [1.29, 1.82) is 0 Å². The molecule has 0 atom stereocenters. The van der Waals surface area contributed by atoms with E-state index >= 15 is 0 Å². The second kappa shape index (κ2) is 7.26. The average molecular weight is 208 g/mol. The summed E-state index contributed by atoms with van der Waals surface area (Å²) < 4.78 is 5.60. The maximum atomic E-state index is 5.60. The average Bonchev–Trinajstić information content (AvgIpc) is 2.23. The summed E-state index contributed by atoms with van der Waals surface area (Å²) in [6.45, 7) is 5.35. The van der Waals surface area contributed by atoms with Gasteiger partial charge < -0.3 is 15.8 Å². The normalized spacial score (nSPS) is 10.3. The molecule has 0 aliphatic rings. The summed E-state index contributed by atoms with van der Waals surface area (Å²) in [5.74, 6) is 0.953. The fraction of sp³-hybridized carbons (Fsp3) is 0.500. The molecule has 0 radical (unpaired) electrons. The molecule has 3 nitrogen and oxygen atoms in total. The Kier molecular flexibility index (Phi) is 5.81. The van der Waals surface area contributed by atoms with Crippen molar-refractivity contribution in [3.05, 3.63) is 29.8 Å². The minimum absolute atomic E-state index is 0.693. The molecule has 0 aliphatic heterocycles. The van der Waals surface area contributed by atoms with E-state index in [1.807, 2.05) is 18.2 Å². The number of benzene rings is 1. The molecule has 0 aromatic heterocycles. The van der Waals surface area contributed by atoms with E-state index in [-0.39, 0.29) is 0 Å². The SMILES string of the molecule is Cc1cccc(OCCCNCCN)c1. The van der Waals surface area contributed by atoms with Crippen LogP contribution in [-0.2, 0) is 0 Å². The minimum Gasteiger partial charge on any atom is -0.494 e. The highest BCUT2D eigenvalue weighted by molar-refractivity contribution is 5.27. The van der Waals surface area contributed by atoms with E-state index in [1.54, 1.807) is 0 Å². The molecule has 0 unspecified atom stereocenters. The first-order valence-corrected chi connectivity index (χ1v) is 5.43. The molecule has 0 bridgehead atoms. The van der Waals surface area contributed by atoms with E-state index in [0.717, 1.165) is 31.9 Å². The van der Waals surface area contributed by atoms with Crippen LogP contribution in [0.25, 0.3) is 0 Å². The second-order valence-electron chi connectivity index (χ2n) is 3.56. The third kappa shape index (κ3) is 5.40. The molecular formula is C12H20N2O. The van der Waals surface area contributed by atoms with Crippen LogP contribution in [-0.4, -0.2) is 26.2 Å². The summed E-state index contributed by atoms with van der Waals surface area (Å²) in [4.78, 5) is 0. The number of nitrogens with one attached hydrogen (secondary N) is 1. The number of rotatable bonds is 7. The van der Waals surface area contributed by atoms with Crippen LogP contribution in [0.1, 0.15) is 12.0 Å². The Morgan fingerprint density at radius 3 is 2.93 bits per heavy atom. The molecule has 0 spiro atoms. The van der Waals surface area contributed by atoms with Crippen molar-refractivity contribution in [3.8, 4) is 5.75 Å². The van der Waals surface area contributed by atoms with Crippen LogP contribution >= 0.6 is 0 Å². The predicted molar refractivity (Wildman–Crippen MR) is 63.2 cm³/mol. The molecule has 15 heavy (non-hydrogen) atoms. The van der Waals surface area contributed by atoms with Crippen LogP contribution < -0.4 is 15.8 Å². The molecule has 3 N–H and O–H groups in total. The standard InChI is InChI=1S/C12H20N2O/c1-11-4-2-5-12(10-11)15-9-3-7-14-8-6-13/h2,4-5,10,14H,3,6-9,13H2,1H3. The lowest BCUT2D eigenvalue weighted by atomic mass is 10.2. The van der Waals surface area contributed by atoms with Crippen LogP contribution in [0, 0.1) is 6.92 Å². The Labute approximate surface area is 91.6 Å². The van der Waals surface area contributed by atoms with Crippen molar-refractivity contribution < 1.29 is 4.74 Å². The molecule has 0 amide bonds. The van der Waals surface area contributed by atoms with Crippen molar-refractivity contribution in [2.24, 2.45) is 5.73 Å². The summed E-state index contributed by atoms with van der Waals surface area (Å²) >= 11 is 0. The van der Waals surface area contributed by atoms with Gasteiger partial charge in [0.25, 0.3) is 0 Å². The summed E-state index contributed by atoms with van der Waals surface area (Å²) in [5.41, 5.74) is 6.59. The fourth-order valence-electron chi connectivity index (χ4n) is 1.32. The lowest BCUT2D eigenvalue weighted by Gasteiger charge is -2.07. The molecular weight excluding hydrogens is 188 g/mol. The zero-order chi connectivity index (χ0) is 10.9. The van der Waals surface area contributed by atoms with Gasteiger partial charge in [0.15, 0.2) is 0 Å². The molecule has 1 aromatic carbocycles. The number of ether oxygens (including phenoxy) is 1.